The fraction of sp³-hybridized carbons (Fsp3) is 0.207. The SMILES string of the molecule is CCOC(=O)c1ccc(-c2ccc3cc4c(cc3c2)C(c2ccc(C)s2)=CC(C)(C)S4)cc1. The van der Waals surface area contributed by atoms with Crippen molar-refractivity contribution in [2.24, 2.45) is 0 Å². The highest BCUT2D eigenvalue weighted by atomic mass is 32.2. The second kappa shape index (κ2) is 8.51. The first-order valence-corrected chi connectivity index (χ1v) is 12.8. The zero-order valence-electron chi connectivity index (χ0n) is 19.3. The van der Waals surface area contributed by atoms with E-state index < -0.39 is 0 Å². The van der Waals surface area contributed by atoms with Crippen LogP contribution in [0.3, 0.4) is 0 Å². The van der Waals surface area contributed by atoms with E-state index in [-0.39, 0.29) is 10.7 Å². The lowest BCUT2D eigenvalue weighted by Gasteiger charge is -2.29. The molecule has 4 aromatic rings. The minimum absolute atomic E-state index is 0.0501. The summed E-state index contributed by atoms with van der Waals surface area (Å²) in [5.41, 5.74) is 5.44. The van der Waals surface area contributed by atoms with Crippen LogP contribution in [0.2, 0.25) is 0 Å². The second-order valence-corrected chi connectivity index (χ2v) is 11.9. The van der Waals surface area contributed by atoms with Gasteiger partial charge in [-0.25, -0.2) is 4.79 Å². The molecule has 2 nitrogen and oxygen atoms in total. The first kappa shape index (κ1) is 22.0. The van der Waals surface area contributed by atoms with Gasteiger partial charge in [-0.2, -0.15) is 0 Å². The van der Waals surface area contributed by atoms with E-state index in [0.29, 0.717) is 12.2 Å². The van der Waals surface area contributed by atoms with Crippen LogP contribution in [0.25, 0.3) is 27.5 Å². The maximum Gasteiger partial charge on any atom is 0.338 e. The molecule has 4 heteroatoms. The highest BCUT2D eigenvalue weighted by molar-refractivity contribution is 8.01. The molecule has 0 bridgehead atoms. The third-order valence-corrected chi connectivity index (χ3v) is 8.06. The Bertz CT molecular complexity index is 1390. The summed E-state index contributed by atoms with van der Waals surface area (Å²) < 4.78 is 5.15. The predicted molar refractivity (Wildman–Crippen MR) is 141 cm³/mol. The van der Waals surface area contributed by atoms with Gasteiger partial charge in [0.05, 0.1) is 12.2 Å². The summed E-state index contributed by atoms with van der Waals surface area (Å²) in [6.07, 6.45) is 2.41. The summed E-state index contributed by atoms with van der Waals surface area (Å²) in [6, 6.07) is 23.4. The molecule has 0 saturated carbocycles. The van der Waals surface area contributed by atoms with E-state index in [1.54, 1.807) is 0 Å². The Morgan fingerprint density at radius 3 is 2.36 bits per heavy atom. The molecule has 0 unspecified atom stereocenters. The van der Waals surface area contributed by atoms with Gasteiger partial charge in [0.1, 0.15) is 0 Å². The first-order valence-electron chi connectivity index (χ1n) is 11.2. The van der Waals surface area contributed by atoms with Gasteiger partial charge in [-0.3, -0.25) is 0 Å². The molecular weight excluding hydrogens is 444 g/mol. The lowest BCUT2D eigenvalue weighted by Crippen LogP contribution is -2.15. The fourth-order valence-electron chi connectivity index (χ4n) is 4.29. The van der Waals surface area contributed by atoms with Crippen molar-refractivity contribution >= 4 is 45.4 Å². The molecule has 2 heterocycles. The van der Waals surface area contributed by atoms with Crippen LogP contribution in [-0.4, -0.2) is 17.3 Å². The highest BCUT2D eigenvalue weighted by Crippen LogP contribution is 2.48. The van der Waals surface area contributed by atoms with Gasteiger partial charge in [-0.15, -0.1) is 23.1 Å². The molecule has 0 amide bonds. The summed E-state index contributed by atoms with van der Waals surface area (Å²) in [7, 11) is 0. The highest BCUT2D eigenvalue weighted by Gasteiger charge is 2.27. The Kier molecular flexibility index (Phi) is 5.67. The molecule has 1 aliphatic heterocycles. The largest absolute Gasteiger partial charge is 0.462 e. The molecule has 0 radical (unpaired) electrons. The summed E-state index contributed by atoms with van der Waals surface area (Å²) in [5, 5.41) is 2.47. The molecule has 3 aromatic carbocycles. The Labute approximate surface area is 203 Å². The first-order chi connectivity index (χ1) is 15.8. The van der Waals surface area contributed by atoms with Crippen LogP contribution < -0.4 is 0 Å². The van der Waals surface area contributed by atoms with Gasteiger partial charge in [-0.05, 0) is 103 Å². The van der Waals surface area contributed by atoms with Crippen LogP contribution in [-0.2, 0) is 4.74 Å². The number of thiophene rings is 1. The molecule has 0 N–H and O–H groups in total. The molecule has 0 fully saturated rings. The van der Waals surface area contributed by atoms with Gasteiger partial charge in [0.15, 0.2) is 0 Å². The Morgan fingerprint density at radius 2 is 1.67 bits per heavy atom. The van der Waals surface area contributed by atoms with E-state index in [2.05, 4.69) is 69.3 Å². The number of rotatable bonds is 4. The molecule has 33 heavy (non-hydrogen) atoms. The third kappa shape index (κ3) is 4.38. The topological polar surface area (TPSA) is 26.3 Å². The molecule has 166 valence electrons. The van der Waals surface area contributed by atoms with Gasteiger partial charge in [0.2, 0.25) is 0 Å². The lowest BCUT2D eigenvalue weighted by atomic mass is 9.94. The molecule has 0 spiro atoms. The summed E-state index contributed by atoms with van der Waals surface area (Å²) in [6.45, 7) is 8.94. The number of carbonyl (C=O) groups excluding carboxylic acids is 1. The number of fused-ring (bicyclic) bond motifs is 2. The maximum atomic E-state index is 12.0. The van der Waals surface area contributed by atoms with Gasteiger partial charge in [0, 0.05) is 19.4 Å². The van der Waals surface area contributed by atoms with Crippen molar-refractivity contribution in [2.75, 3.05) is 6.61 Å². The molecule has 5 rings (SSSR count). The number of ether oxygens (including phenoxy) is 1. The van der Waals surface area contributed by atoms with Crippen molar-refractivity contribution in [1.29, 1.82) is 0 Å². The van der Waals surface area contributed by atoms with E-state index >= 15 is 0 Å². The zero-order chi connectivity index (χ0) is 23.2. The Hall–Kier alpha value is -2.82. The van der Waals surface area contributed by atoms with Crippen molar-refractivity contribution in [1.82, 2.24) is 0 Å². The van der Waals surface area contributed by atoms with Crippen molar-refractivity contribution in [3.63, 3.8) is 0 Å². The van der Waals surface area contributed by atoms with E-state index in [1.807, 2.05) is 54.3 Å². The molecule has 0 atom stereocenters. The van der Waals surface area contributed by atoms with Crippen LogP contribution in [0.15, 0.2) is 77.7 Å². The lowest BCUT2D eigenvalue weighted by molar-refractivity contribution is 0.0526. The third-order valence-electron chi connectivity index (χ3n) is 5.83. The maximum absolute atomic E-state index is 12.0. The number of carbonyl (C=O) groups is 1. The van der Waals surface area contributed by atoms with Gasteiger partial charge in [-0.1, -0.05) is 30.3 Å². The summed E-state index contributed by atoms with van der Waals surface area (Å²) in [4.78, 5) is 16.0. The predicted octanol–water partition coefficient (Wildman–Crippen LogP) is 8.37. The molecule has 1 aromatic heterocycles. The fourth-order valence-corrected chi connectivity index (χ4v) is 6.39. The number of benzene rings is 3. The molecule has 0 saturated heterocycles. The second-order valence-electron chi connectivity index (χ2n) is 8.88. The average Bonchev–Trinajstić information content (AvgIpc) is 3.23. The summed E-state index contributed by atoms with van der Waals surface area (Å²) >= 11 is 3.78. The quantitative estimate of drug-likeness (QED) is 0.280. The van der Waals surface area contributed by atoms with Crippen LogP contribution in [0, 0.1) is 6.92 Å². The molecule has 0 aliphatic carbocycles. The van der Waals surface area contributed by atoms with E-state index in [9.17, 15) is 4.79 Å². The number of hydrogen-bond donors (Lipinski definition) is 0. The van der Waals surface area contributed by atoms with E-state index in [1.165, 1.54) is 36.6 Å². The van der Waals surface area contributed by atoms with Crippen LogP contribution >= 0.6 is 23.1 Å². The number of aryl methyl sites for hydroxylation is 1. The van der Waals surface area contributed by atoms with Crippen molar-refractivity contribution < 1.29 is 9.53 Å². The standard InChI is InChI=1S/C29H26O2S2/c1-5-31-28(30)20-9-7-19(8-10-20)21-11-12-22-16-27-24(15-23(22)14-21)25(17-29(3,4)33-27)26-13-6-18(2)32-26/h6-17H,5H2,1-4H3. The Balaban J connectivity index is 1.57. The Morgan fingerprint density at radius 1 is 0.909 bits per heavy atom. The minimum Gasteiger partial charge on any atom is -0.462 e. The van der Waals surface area contributed by atoms with Gasteiger partial charge < -0.3 is 4.74 Å². The zero-order valence-corrected chi connectivity index (χ0v) is 20.9. The van der Waals surface area contributed by atoms with Crippen molar-refractivity contribution in [3.05, 3.63) is 93.7 Å². The van der Waals surface area contributed by atoms with Gasteiger partial charge in [0.25, 0.3) is 0 Å². The van der Waals surface area contributed by atoms with E-state index in [4.69, 9.17) is 4.74 Å². The minimum atomic E-state index is -0.280. The number of hydrogen-bond acceptors (Lipinski definition) is 4. The van der Waals surface area contributed by atoms with Crippen LogP contribution in [0.4, 0.5) is 0 Å². The molecule has 1 aliphatic rings. The normalized spacial score (nSPS) is 14.6. The van der Waals surface area contributed by atoms with Crippen LogP contribution in [0.1, 0.15) is 46.4 Å². The number of esters is 1. The summed E-state index contributed by atoms with van der Waals surface area (Å²) in [5.74, 6) is -0.280. The smallest absolute Gasteiger partial charge is 0.338 e. The van der Waals surface area contributed by atoms with Crippen molar-refractivity contribution in [3.8, 4) is 11.1 Å². The number of thioether (sulfide) groups is 1. The van der Waals surface area contributed by atoms with E-state index in [0.717, 1.165) is 11.1 Å². The van der Waals surface area contributed by atoms with Crippen molar-refractivity contribution in [2.45, 2.75) is 37.3 Å². The monoisotopic (exact) mass is 470 g/mol. The van der Waals surface area contributed by atoms with Crippen LogP contribution in [0.5, 0.6) is 0 Å². The van der Waals surface area contributed by atoms with Gasteiger partial charge >= 0.3 is 5.97 Å². The molecular formula is C29H26O2S2. The average molecular weight is 471 g/mol.